The van der Waals surface area contributed by atoms with Crippen LogP contribution in [0.25, 0.3) is 89.0 Å². The fourth-order valence-electron chi connectivity index (χ4n) is 8.97. The number of benzene rings is 8. The van der Waals surface area contributed by atoms with E-state index in [0.717, 1.165) is 68.5 Å². The Hall–Kier alpha value is -7.42. The van der Waals surface area contributed by atoms with Crippen molar-refractivity contribution in [3.63, 3.8) is 0 Å². The Labute approximate surface area is 370 Å². The lowest BCUT2D eigenvalue weighted by molar-refractivity contribution is 1.04. The van der Waals surface area contributed by atoms with Gasteiger partial charge < -0.3 is 0 Å². The van der Waals surface area contributed by atoms with E-state index in [1.807, 2.05) is 11.3 Å². The van der Waals surface area contributed by atoms with E-state index in [4.69, 9.17) is 6.42 Å². The average molecular weight is 809 g/mol. The molecule has 0 N–H and O–H groups in total. The molecule has 62 heavy (non-hydrogen) atoms. The van der Waals surface area contributed by atoms with Crippen molar-refractivity contribution in [1.82, 2.24) is 0 Å². The summed E-state index contributed by atoms with van der Waals surface area (Å²) in [4.78, 5) is 2.57. The summed E-state index contributed by atoms with van der Waals surface area (Å²) in [6.45, 7) is 6.73. The number of terminal acetylenes is 1. The van der Waals surface area contributed by atoms with Crippen LogP contribution in [0.3, 0.4) is 0 Å². The van der Waals surface area contributed by atoms with Crippen LogP contribution < -0.4 is 0 Å². The van der Waals surface area contributed by atoms with E-state index in [-0.39, 0.29) is 0 Å². The number of hydrogen-bond donors (Lipinski definition) is 0. The molecule has 9 aromatic rings. The lowest BCUT2D eigenvalue weighted by Gasteiger charge is -2.12. The molecule has 0 amide bonds. The van der Waals surface area contributed by atoms with Crippen molar-refractivity contribution in [1.29, 1.82) is 0 Å². The van der Waals surface area contributed by atoms with Gasteiger partial charge in [0.05, 0.1) is 4.88 Å². The highest BCUT2D eigenvalue weighted by atomic mass is 32.1. The maximum absolute atomic E-state index is 6.11. The molecule has 0 aliphatic heterocycles. The molecule has 0 radical (unpaired) electrons. The second-order valence-corrected chi connectivity index (χ2v) is 17.3. The third-order valence-electron chi connectivity index (χ3n) is 12.5. The summed E-state index contributed by atoms with van der Waals surface area (Å²) < 4.78 is 0. The van der Waals surface area contributed by atoms with E-state index in [2.05, 4.69) is 221 Å². The molecule has 1 heteroatoms. The monoisotopic (exact) mass is 808 g/mol. The van der Waals surface area contributed by atoms with Crippen LogP contribution >= 0.6 is 11.3 Å². The zero-order chi connectivity index (χ0) is 42.2. The largest absolute Gasteiger partial charge is 0.131 e. The summed E-state index contributed by atoms with van der Waals surface area (Å²) in [5.74, 6) is 10.3. The molecule has 0 nitrogen and oxygen atoms in total. The van der Waals surface area contributed by atoms with Crippen LogP contribution in [0.5, 0.6) is 0 Å². The van der Waals surface area contributed by atoms with Crippen LogP contribution in [0, 0.1) is 31.1 Å². The van der Waals surface area contributed by atoms with Gasteiger partial charge in [-0.3, -0.25) is 0 Å². The van der Waals surface area contributed by atoms with Gasteiger partial charge >= 0.3 is 0 Å². The highest BCUT2D eigenvalue weighted by Crippen LogP contribution is 2.36. The molecule has 1 aromatic heterocycles. The zero-order valence-corrected chi connectivity index (χ0v) is 36.0. The van der Waals surface area contributed by atoms with Crippen molar-refractivity contribution in [2.75, 3.05) is 0 Å². The molecular weight excluding hydrogens is 765 g/mol. The number of hydrogen-bond acceptors (Lipinski definition) is 1. The number of aryl methyl sites for hydroxylation is 1. The first-order valence-electron chi connectivity index (χ1n) is 21.5. The van der Waals surface area contributed by atoms with Gasteiger partial charge in [0.1, 0.15) is 0 Å². The molecule has 0 saturated carbocycles. The van der Waals surface area contributed by atoms with E-state index in [1.165, 1.54) is 65.4 Å². The predicted molar refractivity (Wildman–Crippen MR) is 265 cm³/mol. The highest BCUT2D eigenvalue weighted by molar-refractivity contribution is 7.12. The minimum Gasteiger partial charge on any atom is -0.131 e. The first-order valence-corrected chi connectivity index (χ1v) is 22.3. The van der Waals surface area contributed by atoms with Crippen molar-refractivity contribution in [3.05, 3.63) is 214 Å². The van der Waals surface area contributed by atoms with Crippen LogP contribution in [0.2, 0.25) is 0 Å². The Bertz CT molecular complexity index is 3190. The SMILES string of the molecule is C#Cc1cc2ccc1-c1ccc(cc1)-c1ccc(cc1)-c1ccc(cc1)-c1ccc(c(C#Cc3sc(C)c(CC)c3CC)c1)-c1ccc(cc1)-c1ccc(cc1)-c1ccc-2cc1. The van der Waals surface area contributed by atoms with Gasteiger partial charge in [-0.05, 0) is 132 Å². The Kier molecular flexibility index (Phi) is 10.4. The van der Waals surface area contributed by atoms with Crippen LogP contribution in [0.4, 0.5) is 0 Å². The molecule has 22 aliphatic rings. The first-order chi connectivity index (χ1) is 30.5. The average Bonchev–Trinajstić information content (AvgIpc) is 3.66. The molecule has 22 aliphatic carbocycles. The topological polar surface area (TPSA) is 0 Å². The van der Waals surface area contributed by atoms with Gasteiger partial charge in [0, 0.05) is 16.0 Å². The molecule has 0 fully saturated rings. The zero-order valence-electron chi connectivity index (χ0n) is 35.2. The second-order valence-electron chi connectivity index (χ2n) is 16.0. The summed E-state index contributed by atoms with van der Waals surface area (Å²) in [5.41, 5.74) is 23.2. The van der Waals surface area contributed by atoms with Gasteiger partial charge in [-0.1, -0.05) is 201 Å². The smallest absolute Gasteiger partial charge is 0.0809 e. The second kappa shape index (κ2) is 16.6. The Balaban J connectivity index is 1.07. The molecule has 0 unspecified atom stereocenters. The van der Waals surface area contributed by atoms with E-state index in [9.17, 15) is 0 Å². The summed E-state index contributed by atoms with van der Waals surface area (Å²) in [5, 5.41) is 0. The first kappa shape index (κ1) is 38.8. The maximum Gasteiger partial charge on any atom is 0.0809 e. The molecule has 1 heterocycles. The Morgan fingerprint density at radius 1 is 0.355 bits per heavy atom. The molecular formula is C61H44S. The fourth-order valence-corrected chi connectivity index (χ4v) is 10.2. The van der Waals surface area contributed by atoms with Crippen molar-refractivity contribution in [2.24, 2.45) is 0 Å². The van der Waals surface area contributed by atoms with Gasteiger partial charge in [-0.2, -0.15) is 0 Å². The quantitative estimate of drug-likeness (QED) is 0.153. The maximum atomic E-state index is 6.11. The van der Waals surface area contributed by atoms with Crippen LogP contribution in [0.15, 0.2) is 182 Å². The molecule has 0 spiro atoms. The summed E-state index contributed by atoms with van der Waals surface area (Å²) >= 11 is 1.83. The third kappa shape index (κ3) is 7.39. The molecule has 16 bridgehead atoms. The van der Waals surface area contributed by atoms with Crippen LogP contribution in [-0.4, -0.2) is 0 Å². The van der Waals surface area contributed by atoms with E-state index >= 15 is 0 Å². The van der Waals surface area contributed by atoms with Gasteiger partial charge in [-0.25, -0.2) is 0 Å². The van der Waals surface area contributed by atoms with Crippen molar-refractivity contribution < 1.29 is 0 Å². The molecule has 0 atom stereocenters. The fraction of sp³-hybridized carbons (Fsp3) is 0.0820. The van der Waals surface area contributed by atoms with Gasteiger partial charge in [-0.15, -0.1) is 17.8 Å². The summed E-state index contributed by atoms with van der Waals surface area (Å²) in [6.07, 6.45) is 8.14. The normalized spacial score (nSPS) is 11.1. The van der Waals surface area contributed by atoms with Crippen LogP contribution in [0.1, 0.15) is 45.9 Å². The van der Waals surface area contributed by atoms with Crippen molar-refractivity contribution in [3.8, 4) is 113 Å². The van der Waals surface area contributed by atoms with E-state index < -0.39 is 0 Å². The molecule has 8 aromatic carbocycles. The minimum atomic E-state index is 0.885. The van der Waals surface area contributed by atoms with Crippen molar-refractivity contribution in [2.45, 2.75) is 33.6 Å². The molecule has 294 valence electrons. The standard InChI is InChI=1S/C61H44S/c1-5-41-38-54-32-35-59(41)52-28-24-48(25-29-52)44-12-8-43(9-13-44)47-18-22-51(23-19-47)55-33-36-60(56(39-55)34-37-61-58(7-3)57(6-2)40(4)62-61)53-30-26-49(27-31-53)45-14-10-42(11-15-45)46-16-20-50(54)21-17-46/h1,8-33,35-36,38-39H,6-7H2,2-4H3. The van der Waals surface area contributed by atoms with Gasteiger partial charge in [0.2, 0.25) is 0 Å². The Morgan fingerprint density at radius 3 is 0.984 bits per heavy atom. The lowest BCUT2D eigenvalue weighted by Crippen LogP contribution is -1.90. The van der Waals surface area contributed by atoms with Gasteiger partial charge in [0.15, 0.2) is 0 Å². The third-order valence-corrected chi connectivity index (χ3v) is 13.6. The Morgan fingerprint density at radius 2 is 0.645 bits per heavy atom. The number of thiophene rings is 1. The van der Waals surface area contributed by atoms with Crippen LogP contribution in [-0.2, 0) is 12.8 Å². The summed E-state index contributed by atoms with van der Waals surface area (Å²) in [6, 6.07) is 66.3. The minimum absolute atomic E-state index is 0.885. The molecule has 31 rings (SSSR count). The molecule has 0 saturated heterocycles. The lowest BCUT2D eigenvalue weighted by atomic mass is 9.92. The predicted octanol–water partition coefficient (Wildman–Crippen LogP) is 16.2. The van der Waals surface area contributed by atoms with Crippen molar-refractivity contribution >= 4 is 11.3 Å². The number of rotatable bonds is 2. The summed E-state index contributed by atoms with van der Waals surface area (Å²) in [7, 11) is 0. The van der Waals surface area contributed by atoms with E-state index in [1.54, 1.807) is 0 Å². The highest BCUT2D eigenvalue weighted by Gasteiger charge is 2.14. The van der Waals surface area contributed by atoms with Gasteiger partial charge in [0.25, 0.3) is 0 Å². The van der Waals surface area contributed by atoms with E-state index in [0.29, 0.717) is 0 Å².